The molecule has 4 rings (SSSR count). The van der Waals surface area contributed by atoms with Gasteiger partial charge in [-0.3, -0.25) is 19.9 Å². The van der Waals surface area contributed by atoms with Crippen LogP contribution in [0.15, 0.2) is 62.9 Å². The summed E-state index contributed by atoms with van der Waals surface area (Å²) in [5, 5.41) is 1.62. The zero-order valence-electron chi connectivity index (χ0n) is 17.1. The quantitative estimate of drug-likeness (QED) is 0.380. The van der Waals surface area contributed by atoms with E-state index in [1.807, 2.05) is 6.07 Å². The number of amides is 1. The Morgan fingerprint density at radius 1 is 1.12 bits per heavy atom. The molecular weight excluding hydrogens is 452 g/mol. The Morgan fingerprint density at radius 3 is 2.59 bits per heavy atom. The maximum atomic E-state index is 12.7. The Kier molecular flexibility index (Phi) is 6.70. The van der Waals surface area contributed by atoms with Crippen LogP contribution < -0.4 is 15.2 Å². The van der Waals surface area contributed by atoms with Gasteiger partial charge >= 0.3 is 0 Å². The summed E-state index contributed by atoms with van der Waals surface area (Å²) in [7, 11) is -3.87. The summed E-state index contributed by atoms with van der Waals surface area (Å²) >= 11 is 1.03. The molecule has 32 heavy (non-hydrogen) atoms. The number of carbonyl (C=O) groups is 2. The molecule has 0 bridgehead atoms. The molecule has 11 heteroatoms. The summed E-state index contributed by atoms with van der Waals surface area (Å²) < 4.78 is 29.7. The van der Waals surface area contributed by atoms with Gasteiger partial charge in [0.15, 0.2) is 6.29 Å². The van der Waals surface area contributed by atoms with Crippen LogP contribution in [0.3, 0.4) is 0 Å². The van der Waals surface area contributed by atoms with Crippen molar-refractivity contribution >= 4 is 39.2 Å². The highest BCUT2D eigenvalue weighted by Crippen LogP contribution is 2.24. The van der Waals surface area contributed by atoms with Crippen LogP contribution in [0.4, 0.5) is 5.69 Å². The van der Waals surface area contributed by atoms with Crippen LogP contribution in [0.2, 0.25) is 0 Å². The van der Waals surface area contributed by atoms with Crippen LogP contribution in [-0.2, 0) is 16.6 Å². The number of aldehydes is 1. The van der Waals surface area contributed by atoms with Gasteiger partial charge in [-0.1, -0.05) is 12.1 Å². The van der Waals surface area contributed by atoms with Crippen LogP contribution in [0, 0.1) is 0 Å². The number of furan rings is 1. The van der Waals surface area contributed by atoms with E-state index in [-0.39, 0.29) is 15.3 Å². The molecule has 1 aliphatic rings. The van der Waals surface area contributed by atoms with Crippen molar-refractivity contribution in [1.82, 2.24) is 15.2 Å². The predicted molar refractivity (Wildman–Crippen MR) is 120 cm³/mol. The van der Waals surface area contributed by atoms with Crippen molar-refractivity contribution in [3.63, 3.8) is 0 Å². The second-order valence-electron chi connectivity index (χ2n) is 7.24. The van der Waals surface area contributed by atoms with E-state index < -0.39 is 15.9 Å². The van der Waals surface area contributed by atoms with E-state index in [4.69, 9.17) is 4.42 Å². The highest BCUT2D eigenvalue weighted by atomic mass is 32.2. The van der Waals surface area contributed by atoms with E-state index in [9.17, 15) is 18.0 Å². The lowest BCUT2D eigenvalue weighted by Gasteiger charge is -2.36. The SMILES string of the molecule is O=Cc1c(C(=O)NNS(=O)(=O)c2cccs2)cccc1N1CCN(Cc2ccoc2)CC1. The van der Waals surface area contributed by atoms with Gasteiger partial charge in [-0.05, 0) is 29.6 Å². The average Bonchev–Trinajstić information content (AvgIpc) is 3.52. The van der Waals surface area contributed by atoms with Gasteiger partial charge in [0.25, 0.3) is 15.9 Å². The van der Waals surface area contributed by atoms with Gasteiger partial charge in [-0.2, -0.15) is 0 Å². The molecule has 0 atom stereocenters. The minimum Gasteiger partial charge on any atom is -0.472 e. The number of sulfonamides is 1. The number of hydrogen-bond donors (Lipinski definition) is 2. The first-order chi connectivity index (χ1) is 15.5. The van der Waals surface area contributed by atoms with Gasteiger partial charge in [0, 0.05) is 44.0 Å². The first kappa shape index (κ1) is 22.2. The zero-order valence-corrected chi connectivity index (χ0v) is 18.7. The molecular formula is C21H22N4O5S2. The highest BCUT2D eigenvalue weighted by Gasteiger charge is 2.23. The number of nitrogens with one attached hydrogen (secondary N) is 2. The van der Waals surface area contributed by atoms with Crippen molar-refractivity contribution in [2.75, 3.05) is 31.1 Å². The van der Waals surface area contributed by atoms with Crippen LogP contribution in [0.5, 0.6) is 0 Å². The number of hydrazine groups is 1. The van der Waals surface area contributed by atoms with Gasteiger partial charge in [-0.25, -0.2) is 8.42 Å². The van der Waals surface area contributed by atoms with E-state index in [2.05, 4.69) is 20.1 Å². The van der Waals surface area contributed by atoms with Gasteiger partial charge in [0.05, 0.1) is 23.7 Å². The second kappa shape index (κ2) is 9.65. The standard InChI is InChI=1S/C21H22N4O5S2/c26-14-18-17(21(27)22-23-32(28,29)20-5-2-12-31-20)3-1-4-19(18)25-9-7-24(8-10-25)13-16-6-11-30-15-16/h1-6,11-12,14-15,23H,7-10,13H2,(H,22,27). The smallest absolute Gasteiger partial charge is 0.267 e. The van der Waals surface area contributed by atoms with Gasteiger partial charge < -0.3 is 9.32 Å². The monoisotopic (exact) mass is 474 g/mol. The fraction of sp³-hybridized carbons (Fsp3) is 0.238. The molecule has 0 aliphatic carbocycles. The molecule has 0 spiro atoms. The molecule has 1 saturated heterocycles. The van der Waals surface area contributed by atoms with Crippen molar-refractivity contribution in [3.05, 3.63) is 71.0 Å². The van der Waals surface area contributed by atoms with Crippen molar-refractivity contribution < 1.29 is 22.4 Å². The second-order valence-corrected chi connectivity index (χ2v) is 10.1. The largest absolute Gasteiger partial charge is 0.472 e. The third kappa shape index (κ3) is 4.91. The lowest BCUT2D eigenvalue weighted by molar-refractivity contribution is 0.0940. The number of carbonyl (C=O) groups excluding carboxylic acids is 2. The molecule has 0 unspecified atom stereocenters. The number of nitrogens with zero attached hydrogens (tertiary/aromatic N) is 2. The van der Waals surface area contributed by atoms with Gasteiger partial charge in [-0.15, -0.1) is 16.2 Å². The Hall–Kier alpha value is -2.99. The molecule has 9 nitrogen and oxygen atoms in total. The van der Waals surface area contributed by atoms with Crippen molar-refractivity contribution in [2.24, 2.45) is 0 Å². The summed E-state index contributed by atoms with van der Waals surface area (Å²) in [6, 6.07) is 9.94. The minimum atomic E-state index is -3.87. The molecule has 1 aliphatic heterocycles. The van der Waals surface area contributed by atoms with Crippen LogP contribution in [0.25, 0.3) is 0 Å². The summed E-state index contributed by atoms with van der Waals surface area (Å²) in [5.74, 6) is -0.701. The van der Waals surface area contributed by atoms with Crippen LogP contribution >= 0.6 is 11.3 Å². The summed E-state index contributed by atoms with van der Waals surface area (Å²) in [5.41, 5.74) is 4.29. The molecule has 1 fully saturated rings. The zero-order chi connectivity index (χ0) is 22.6. The van der Waals surface area contributed by atoms with Crippen molar-refractivity contribution in [1.29, 1.82) is 0 Å². The molecule has 3 heterocycles. The average molecular weight is 475 g/mol. The number of anilines is 1. The summed E-state index contributed by atoms with van der Waals surface area (Å²) in [4.78, 5) is 31.0. The molecule has 2 N–H and O–H groups in total. The predicted octanol–water partition coefficient (Wildman–Crippen LogP) is 2.10. The maximum absolute atomic E-state index is 12.7. The number of rotatable bonds is 8. The minimum absolute atomic E-state index is 0.0791. The summed E-state index contributed by atoms with van der Waals surface area (Å²) in [6.45, 7) is 3.75. The molecule has 0 saturated carbocycles. The molecule has 168 valence electrons. The Labute approximate surface area is 189 Å². The first-order valence-electron chi connectivity index (χ1n) is 9.90. The van der Waals surface area contributed by atoms with Crippen LogP contribution in [-0.4, -0.2) is 51.7 Å². The number of benzene rings is 1. The normalized spacial score (nSPS) is 14.9. The lowest BCUT2D eigenvalue weighted by Crippen LogP contribution is -2.46. The first-order valence-corrected chi connectivity index (χ1v) is 12.3. The van der Waals surface area contributed by atoms with E-state index in [1.165, 1.54) is 12.1 Å². The molecule has 0 radical (unpaired) electrons. The topological polar surface area (TPSA) is 112 Å². The van der Waals surface area contributed by atoms with Crippen molar-refractivity contribution in [2.45, 2.75) is 10.8 Å². The number of thiophene rings is 1. The molecule has 1 amide bonds. The maximum Gasteiger partial charge on any atom is 0.267 e. The Balaban J connectivity index is 1.44. The third-order valence-corrected chi connectivity index (χ3v) is 7.85. The van der Waals surface area contributed by atoms with E-state index in [0.29, 0.717) is 25.1 Å². The molecule has 3 aromatic rings. The van der Waals surface area contributed by atoms with E-state index in [1.54, 1.807) is 36.1 Å². The number of piperazine rings is 1. The molecule has 1 aromatic carbocycles. The fourth-order valence-corrected chi connectivity index (χ4v) is 5.42. The van der Waals surface area contributed by atoms with Gasteiger partial charge in [0.1, 0.15) is 4.21 Å². The van der Waals surface area contributed by atoms with E-state index >= 15 is 0 Å². The summed E-state index contributed by atoms with van der Waals surface area (Å²) in [6.07, 6.45) is 4.01. The van der Waals surface area contributed by atoms with Crippen molar-refractivity contribution in [3.8, 4) is 0 Å². The Morgan fingerprint density at radius 2 is 1.94 bits per heavy atom. The van der Waals surface area contributed by atoms with E-state index in [0.717, 1.165) is 36.5 Å². The van der Waals surface area contributed by atoms with Crippen LogP contribution in [0.1, 0.15) is 26.3 Å². The molecule has 2 aromatic heterocycles. The third-order valence-electron chi connectivity index (χ3n) is 5.20. The fourth-order valence-electron chi connectivity index (χ4n) is 3.59. The van der Waals surface area contributed by atoms with Gasteiger partial charge in [0.2, 0.25) is 0 Å². The Bertz CT molecular complexity index is 1170. The lowest BCUT2D eigenvalue weighted by atomic mass is 10.0. The number of hydrogen-bond acceptors (Lipinski definition) is 8. The highest BCUT2D eigenvalue weighted by molar-refractivity contribution is 7.91.